The molecule has 1 saturated heterocycles. The van der Waals surface area contributed by atoms with E-state index < -0.39 is 0 Å². The number of amides is 1. The molecule has 2 heterocycles. The highest BCUT2D eigenvalue weighted by Gasteiger charge is 2.22. The molecule has 0 aromatic heterocycles. The summed E-state index contributed by atoms with van der Waals surface area (Å²) in [7, 11) is 0. The molecule has 0 unspecified atom stereocenters. The maximum Gasteiger partial charge on any atom is 0.223 e. The fourth-order valence-corrected chi connectivity index (χ4v) is 3.95. The Bertz CT molecular complexity index is 629. The van der Waals surface area contributed by atoms with E-state index in [1.165, 1.54) is 43.5 Å². The largest absolute Gasteiger partial charge is 0.357 e. The van der Waals surface area contributed by atoms with Crippen molar-refractivity contribution >= 4 is 11.9 Å². The molecule has 0 atom stereocenters. The molecule has 3 rings (SSSR count). The second-order valence-electron chi connectivity index (χ2n) is 7.71. The number of rotatable bonds is 8. The number of aliphatic imine (C=N–C) groups is 1. The summed E-state index contributed by atoms with van der Waals surface area (Å²) in [6, 6.07) is 8.32. The van der Waals surface area contributed by atoms with Gasteiger partial charge in [-0.1, -0.05) is 30.7 Å². The van der Waals surface area contributed by atoms with Gasteiger partial charge in [-0.25, -0.2) is 0 Å². The van der Waals surface area contributed by atoms with Gasteiger partial charge in [0.2, 0.25) is 5.91 Å². The van der Waals surface area contributed by atoms with Gasteiger partial charge in [0, 0.05) is 45.7 Å². The molecule has 2 aliphatic heterocycles. The molecular weight excluding hydrogens is 350 g/mol. The van der Waals surface area contributed by atoms with Crippen molar-refractivity contribution in [2.24, 2.45) is 4.99 Å². The number of guanidine groups is 1. The second-order valence-corrected chi connectivity index (χ2v) is 7.71. The summed E-state index contributed by atoms with van der Waals surface area (Å²) in [5.41, 5.74) is 2.56. The minimum absolute atomic E-state index is 0.231. The first kappa shape index (κ1) is 20.6. The predicted molar refractivity (Wildman–Crippen MR) is 114 cm³/mol. The van der Waals surface area contributed by atoms with Crippen molar-refractivity contribution in [1.82, 2.24) is 20.4 Å². The maximum atomic E-state index is 12.5. The average molecular weight is 386 g/mol. The number of benzene rings is 1. The number of likely N-dealkylation sites (tertiary alicyclic amines) is 1. The molecule has 1 aromatic carbocycles. The highest BCUT2D eigenvalue weighted by Crippen LogP contribution is 2.22. The highest BCUT2D eigenvalue weighted by molar-refractivity contribution is 5.80. The van der Waals surface area contributed by atoms with Gasteiger partial charge >= 0.3 is 0 Å². The van der Waals surface area contributed by atoms with E-state index in [0.29, 0.717) is 13.0 Å². The summed E-state index contributed by atoms with van der Waals surface area (Å²) in [6.45, 7) is 9.52. The summed E-state index contributed by atoms with van der Waals surface area (Å²) in [5.74, 6) is 1.09. The quantitative estimate of drug-likeness (QED) is 0.410. The van der Waals surface area contributed by atoms with Gasteiger partial charge in [-0.3, -0.25) is 9.79 Å². The van der Waals surface area contributed by atoms with Gasteiger partial charge < -0.3 is 20.4 Å². The third kappa shape index (κ3) is 6.23. The molecule has 1 aromatic rings. The lowest BCUT2D eigenvalue weighted by atomic mass is 10.1. The van der Waals surface area contributed by atoms with Crippen LogP contribution in [-0.4, -0.2) is 60.9 Å². The maximum absolute atomic E-state index is 12.5. The summed E-state index contributed by atoms with van der Waals surface area (Å²) in [6.07, 6.45) is 5.36. The van der Waals surface area contributed by atoms with Crippen molar-refractivity contribution < 1.29 is 4.79 Å². The smallest absolute Gasteiger partial charge is 0.223 e. The first-order chi connectivity index (χ1) is 13.8. The molecule has 6 nitrogen and oxygen atoms in total. The van der Waals surface area contributed by atoms with Crippen molar-refractivity contribution in [3.8, 4) is 0 Å². The van der Waals surface area contributed by atoms with Gasteiger partial charge in [-0.05, 0) is 50.4 Å². The van der Waals surface area contributed by atoms with E-state index in [4.69, 9.17) is 0 Å². The third-order valence-electron chi connectivity index (χ3n) is 5.53. The van der Waals surface area contributed by atoms with Crippen LogP contribution in [0.3, 0.4) is 0 Å². The molecule has 28 heavy (non-hydrogen) atoms. The number of piperidine rings is 1. The molecule has 0 spiro atoms. The van der Waals surface area contributed by atoms with Gasteiger partial charge in [0.1, 0.15) is 0 Å². The van der Waals surface area contributed by atoms with E-state index in [2.05, 4.69) is 39.6 Å². The van der Waals surface area contributed by atoms with E-state index in [1.54, 1.807) is 0 Å². The van der Waals surface area contributed by atoms with Crippen LogP contribution in [0.2, 0.25) is 0 Å². The molecule has 154 valence electrons. The molecule has 0 saturated carbocycles. The van der Waals surface area contributed by atoms with E-state index in [0.717, 1.165) is 45.1 Å². The molecule has 0 aliphatic carbocycles. The zero-order valence-electron chi connectivity index (χ0n) is 17.3. The normalized spacial score (nSPS) is 17.5. The topological polar surface area (TPSA) is 60.0 Å². The first-order valence-corrected chi connectivity index (χ1v) is 10.9. The standard InChI is InChI=1S/C22H35N5O/c1-2-23-22(25-13-16-26-14-6-3-7-15-26)24-12-8-11-21(28)27-17-19-9-4-5-10-20(19)18-27/h4-5,9-10H,2-3,6-8,11-18H2,1H3,(H2,23,24,25). The Kier molecular flexibility index (Phi) is 8.15. The van der Waals surface area contributed by atoms with Crippen molar-refractivity contribution in [2.75, 3.05) is 39.3 Å². The van der Waals surface area contributed by atoms with Gasteiger partial charge in [-0.2, -0.15) is 0 Å². The Morgan fingerprint density at radius 3 is 2.46 bits per heavy atom. The molecule has 2 aliphatic rings. The van der Waals surface area contributed by atoms with Crippen LogP contribution >= 0.6 is 0 Å². The second kappa shape index (κ2) is 11.1. The average Bonchev–Trinajstić information content (AvgIpc) is 3.16. The molecule has 0 bridgehead atoms. The van der Waals surface area contributed by atoms with Crippen molar-refractivity contribution in [3.05, 3.63) is 35.4 Å². The summed E-state index contributed by atoms with van der Waals surface area (Å²) < 4.78 is 0. The summed E-state index contributed by atoms with van der Waals surface area (Å²) >= 11 is 0. The number of nitrogens with zero attached hydrogens (tertiary/aromatic N) is 3. The molecule has 1 amide bonds. The monoisotopic (exact) mass is 385 g/mol. The zero-order chi connectivity index (χ0) is 19.6. The van der Waals surface area contributed by atoms with Crippen LogP contribution in [0.1, 0.15) is 50.2 Å². The fraction of sp³-hybridized carbons (Fsp3) is 0.636. The fourth-order valence-electron chi connectivity index (χ4n) is 3.95. The Hall–Kier alpha value is -2.08. The van der Waals surface area contributed by atoms with Crippen LogP contribution in [0.5, 0.6) is 0 Å². The van der Waals surface area contributed by atoms with Crippen LogP contribution in [0, 0.1) is 0 Å². The van der Waals surface area contributed by atoms with E-state index >= 15 is 0 Å². The first-order valence-electron chi connectivity index (χ1n) is 10.9. The van der Waals surface area contributed by atoms with Crippen molar-refractivity contribution in [1.29, 1.82) is 0 Å². The lowest BCUT2D eigenvalue weighted by Gasteiger charge is -2.26. The van der Waals surface area contributed by atoms with Gasteiger partial charge in [0.15, 0.2) is 5.96 Å². The molecule has 0 radical (unpaired) electrons. The predicted octanol–water partition coefficient (Wildman–Crippen LogP) is 2.35. The third-order valence-corrected chi connectivity index (χ3v) is 5.53. The van der Waals surface area contributed by atoms with Gasteiger partial charge in [-0.15, -0.1) is 0 Å². The number of carbonyl (C=O) groups excluding carboxylic acids is 1. The Balaban J connectivity index is 1.34. The van der Waals surface area contributed by atoms with Crippen LogP contribution in [-0.2, 0) is 17.9 Å². The number of hydrogen-bond acceptors (Lipinski definition) is 3. The minimum Gasteiger partial charge on any atom is -0.357 e. The Morgan fingerprint density at radius 1 is 1.07 bits per heavy atom. The Labute approximate surface area is 169 Å². The molecule has 2 N–H and O–H groups in total. The van der Waals surface area contributed by atoms with Crippen LogP contribution in [0.25, 0.3) is 0 Å². The van der Waals surface area contributed by atoms with Crippen LogP contribution in [0.4, 0.5) is 0 Å². The molecule has 1 fully saturated rings. The van der Waals surface area contributed by atoms with E-state index in [1.807, 2.05) is 17.0 Å². The molecular formula is C22H35N5O. The van der Waals surface area contributed by atoms with Crippen LogP contribution < -0.4 is 10.6 Å². The lowest BCUT2D eigenvalue weighted by Crippen LogP contribution is -2.42. The number of nitrogens with one attached hydrogen (secondary N) is 2. The number of hydrogen-bond donors (Lipinski definition) is 2. The SMILES string of the molecule is CCNC(=NCCCC(=O)N1Cc2ccccc2C1)NCCN1CCCCC1. The lowest BCUT2D eigenvalue weighted by molar-refractivity contribution is -0.131. The minimum atomic E-state index is 0.231. The van der Waals surface area contributed by atoms with E-state index in [9.17, 15) is 4.79 Å². The summed E-state index contributed by atoms with van der Waals surface area (Å²) in [5, 5.41) is 6.73. The van der Waals surface area contributed by atoms with Crippen LogP contribution in [0.15, 0.2) is 29.3 Å². The number of carbonyl (C=O) groups is 1. The number of fused-ring (bicyclic) bond motifs is 1. The van der Waals surface area contributed by atoms with Gasteiger partial charge in [0.25, 0.3) is 0 Å². The summed E-state index contributed by atoms with van der Waals surface area (Å²) in [4.78, 5) is 21.6. The zero-order valence-corrected chi connectivity index (χ0v) is 17.3. The van der Waals surface area contributed by atoms with Crippen molar-refractivity contribution in [3.63, 3.8) is 0 Å². The molecule has 6 heteroatoms. The van der Waals surface area contributed by atoms with E-state index in [-0.39, 0.29) is 5.91 Å². The van der Waals surface area contributed by atoms with Gasteiger partial charge in [0.05, 0.1) is 0 Å². The van der Waals surface area contributed by atoms with Crippen molar-refractivity contribution in [2.45, 2.75) is 52.1 Å². The Morgan fingerprint density at radius 2 is 1.79 bits per heavy atom. The highest BCUT2D eigenvalue weighted by atomic mass is 16.2.